The highest BCUT2D eigenvalue weighted by Crippen LogP contribution is 2.22. The Labute approximate surface area is 215 Å². The number of hydrogen-bond donors (Lipinski definition) is 3. The van der Waals surface area contributed by atoms with Crippen LogP contribution in [0.25, 0.3) is 0 Å². The van der Waals surface area contributed by atoms with E-state index in [4.69, 9.17) is 16.3 Å². The van der Waals surface area contributed by atoms with E-state index in [-0.39, 0.29) is 11.3 Å². The number of ether oxygens (including phenoxy) is 1. The Morgan fingerprint density at radius 3 is 2.49 bits per heavy atom. The lowest BCUT2D eigenvalue weighted by atomic mass is 10.1. The first-order valence-electron chi connectivity index (χ1n) is 10.2. The van der Waals surface area contributed by atoms with Gasteiger partial charge in [-0.05, 0) is 54.6 Å². The molecule has 3 N–H and O–H groups in total. The van der Waals surface area contributed by atoms with Crippen LogP contribution in [0.1, 0.15) is 15.9 Å². The lowest BCUT2D eigenvalue weighted by Crippen LogP contribution is -2.33. The summed E-state index contributed by atoms with van der Waals surface area (Å²) in [6.07, 6.45) is 2.95. The van der Waals surface area contributed by atoms with Crippen LogP contribution in [0, 0.1) is 0 Å². The van der Waals surface area contributed by atoms with E-state index in [2.05, 4.69) is 43.7 Å². The summed E-state index contributed by atoms with van der Waals surface area (Å²) in [7, 11) is 0. The Hall–Kier alpha value is -3.95. The predicted molar refractivity (Wildman–Crippen MR) is 140 cm³/mol. The van der Waals surface area contributed by atoms with E-state index in [9.17, 15) is 14.4 Å². The fourth-order valence-electron chi connectivity index (χ4n) is 2.81. The topological polar surface area (TPSA) is 109 Å². The summed E-state index contributed by atoms with van der Waals surface area (Å²) in [5.41, 5.74) is 3.60. The Bertz CT molecular complexity index is 1280. The fraction of sp³-hybridized carbons (Fsp3) is 0.0400. The number of benzene rings is 3. The van der Waals surface area contributed by atoms with Gasteiger partial charge in [0.05, 0.1) is 17.5 Å². The van der Waals surface area contributed by atoms with E-state index in [1.807, 2.05) is 0 Å². The lowest BCUT2D eigenvalue weighted by Gasteiger charge is -2.11. The Morgan fingerprint density at radius 2 is 1.74 bits per heavy atom. The highest BCUT2D eigenvalue weighted by Gasteiger charge is 2.18. The summed E-state index contributed by atoms with van der Waals surface area (Å²) in [5, 5.41) is 9.51. The molecule has 0 atom stereocenters. The summed E-state index contributed by atoms with van der Waals surface area (Å²) in [5.74, 6) is -1.96. The molecule has 8 nitrogen and oxygen atoms in total. The highest BCUT2D eigenvalue weighted by molar-refractivity contribution is 9.10. The van der Waals surface area contributed by atoms with Gasteiger partial charge in [0, 0.05) is 20.7 Å². The molecule has 3 rings (SSSR count). The number of amides is 3. The van der Waals surface area contributed by atoms with Crippen molar-refractivity contribution in [2.45, 2.75) is 0 Å². The quantitative estimate of drug-likeness (QED) is 0.157. The first kappa shape index (κ1) is 25.7. The molecular formula is C25H20BrClN4O4. The van der Waals surface area contributed by atoms with E-state index >= 15 is 0 Å². The van der Waals surface area contributed by atoms with E-state index in [0.717, 1.165) is 4.47 Å². The number of rotatable bonds is 8. The molecule has 0 fully saturated rings. The molecule has 178 valence electrons. The minimum Gasteiger partial charge on any atom is -0.489 e. The van der Waals surface area contributed by atoms with Crippen molar-refractivity contribution in [1.29, 1.82) is 0 Å². The molecule has 3 amide bonds. The summed E-state index contributed by atoms with van der Waals surface area (Å²) in [4.78, 5) is 37.4. The standard InChI is InChI=1S/C25H20BrClN4O4/c1-2-13-35-22-12-7-17(26)14-16(22)15-28-31-25(34)24(33)30-21-6-4-3-5-20(21)23(32)29-19-10-8-18(27)9-11-19/h2-12,14-15H,1,13H2,(H,29,32)(H,30,33)(H,31,34)/b28-15-. The maximum atomic E-state index is 12.7. The van der Waals surface area contributed by atoms with E-state index < -0.39 is 17.7 Å². The number of para-hydroxylation sites is 1. The summed E-state index contributed by atoms with van der Waals surface area (Å²) in [6.45, 7) is 3.90. The van der Waals surface area contributed by atoms with Crippen molar-refractivity contribution in [2.75, 3.05) is 17.2 Å². The molecule has 0 saturated heterocycles. The molecule has 0 aliphatic heterocycles. The first-order valence-corrected chi connectivity index (χ1v) is 11.4. The Morgan fingerprint density at radius 1 is 1.00 bits per heavy atom. The van der Waals surface area contributed by atoms with Crippen molar-refractivity contribution in [3.05, 3.63) is 100 Å². The summed E-state index contributed by atoms with van der Waals surface area (Å²) >= 11 is 9.22. The zero-order valence-electron chi connectivity index (χ0n) is 18.3. The molecule has 10 heteroatoms. The van der Waals surface area contributed by atoms with Crippen LogP contribution >= 0.6 is 27.5 Å². The molecule has 0 heterocycles. The van der Waals surface area contributed by atoms with Crippen LogP contribution in [-0.4, -0.2) is 30.5 Å². The normalized spacial score (nSPS) is 10.5. The smallest absolute Gasteiger partial charge is 0.329 e. The second kappa shape index (κ2) is 12.5. The largest absolute Gasteiger partial charge is 0.489 e. The molecule has 0 saturated carbocycles. The van der Waals surface area contributed by atoms with Gasteiger partial charge in [0.25, 0.3) is 5.91 Å². The third kappa shape index (κ3) is 7.53. The fourth-order valence-corrected chi connectivity index (χ4v) is 3.32. The van der Waals surface area contributed by atoms with Gasteiger partial charge in [-0.2, -0.15) is 5.10 Å². The molecule has 0 radical (unpaired) electrons. The van der Waals surface area contributed by atoms with Crippen molar-refractivity contribution in [3.63, 3.8) is 0 Å². The number of nitrogens with one attached hydrogen (secondary N) is 3. The molecule has 0 aliphatic rings. The van der Waals surface area contributed by atoms with Crippen molar-refractivity contribution in [2.24, 2.45) is 5.10 Å². The van der Waals surface area contributed by atoms with Crippen molar-refractivity contribution < 1.29 is 19.1 Å². The van der Waals surface area contributed by atoms with Gasteiger partial charge in [0.15, 0.2) is 0 Å². The molecule has 0 bridgehead atoms. The molecule has 0 aromatic heterocycles. The lowest BCUT2D eigenvalue weighted by molar-refractivity contribution is -0.136. The third-order valence-corrected chi connectivity index (χ3v) is 5.17. The molecule has 3 aromatic carbocycles. The van der Waals surface area contributed by atoms with Crippen molar-refractivity contribution >= 4 is 62.8 Å². The van der Waals surface area contributed by atoms with Gasteiger partial charge in [0.2, 0.25) is 0 Å². The average molecular weight is 556 g/mol. The van der Waals surface area contributed by atoms with Gasteiger partial charge in [-0.15, -0.1) is 0 Å². The SMILES string of the molecule is C=CCOc1ccc(Br)cc1/C=N\NC(=O)C(=O)Nc1ccccc1C(=O)Nc1ccc(Cl)cc1. The van der Waals surface area contributed by atoms with Gasteiger partial charge in [-0.1, -0.05) is 52.3 Å². The second-order valence-electron chi connectivity index (χ2n) is 6.94. The maximum absolute atomic E-state index is 12.7. The molecule has 35 heavy (non-hydrogen) atoms. The molecule has 0 unspecified atom stereocenters. The Kier molecular flexibility index (Phi) is 9.16. The second-order valence-corrected chi connectivity index (χ2v) is 8.29. The number of hydrogen-bond acceptors (Lipinski definition) is 5. The monoisotopic (exact) mass is 554 g/mol. The van der Waals surface area contributed by atoms with Crippen LogP contribution in [-0.2, 0) is 9.59 Å². The minimum absolute atomic E-state index is 0.162. The van der Waals surface area contributed by atoms with Crippen LogP contribution in [0.4, 0.5) is 11.4 Å². The number of anilines is 2. The van der Waals surface area contributed by atoms with Gasteiger partial charge >= 0.3 is 11.8 Å². The van der Waals surface area contributed by atoms with Gasteiger partial charge in [-0.25, -0.2) is 5.43 Å². The zero-order valence-corrected chi connectivity index (χ0v) is 20.6. The number of nitrogens with zero attached hydrogens (tertiary/aromatic N) is 1. The van der Waals surface area contributed by atoms with E-state index in [0.29, 0.717) is 28.6 Å². The maximum Gasteiger partial charge on any atom is 0.329 e. The van der Waals surface area contributed by atoms with Crippen LogP contribution in [0.5, 0.6) is 5.75 Å². The highest BCUT2D eigenvalue weighted by atomic mass is 79.9. The van der Waals surface area contributed by atoms with Crippen molar-refractivity contribution in [1.82, 2.24) is 5.43 Å². The van der Waals surface area contributed by atoms with E-state index in [1.165, 1.54) is 18.3 Å². The molecular weight excluding hydrogens is 536 g/mol. The molecule has 0 spiro atoms. The van der Waals surface area contributed by atoms with Gasteiger partial charge < -0.3 is 15.4 Å². The van der Waals surface area contributed by atoms with Crippen LogP contribution in [0.3, 0.4) is 0 Å². The number of carbonyl (C=O) groups is 3. The van der Waals surface area contributed by atoms with Gasteiger partial charge in [-0.3, -0.25) is 14.4 Å². The first-order chi connectivity index (χ1) is 16.9. The van der Waals surface area contributed by atoms with E-state index in [1.54, 1.807) is 60.7 Å². The van der Waals surface area contributed by atoms with Crippen molar-refractivity contribution in [3.8, 4) is 5.75 Å². The summed E-state index contributed by atoms with van der Waals surface area (Å²) in [6, 6.07) is 18.1. The molecule has 3 aromatic rings. The zero-order chi connectivity index (χ0) is 25.2. The van der Waals surface area contributed by atoms with Crippen LogP contribution < -0.4 is 20.8 Å². The average Bonchev–Trinajstić information content (AvgIpc) is 2.85. The number of halogens is 2. The number of hydrazone groups is 1. The Balaban J connectivity index is 1.65. The minimum atomic E-state index is -1.02. The predicted octanol–water partition coefficient (Wildman–Crippen LogP) is 5.01. The number of carbonyl (C=O) groups excluding carboxylic acids is 3. The third-order valence-electron chi connectivity index (χ3n) is 4.43. The van der Waals surface area contributed by atoms with Crippen LogP contribution in [0.15, 0.2) is 89.0 Å². The van der Waals surface area contributed by atoms with Gasteiger partial charge in [0.1, 0.15) is 12.4 Å². The van der Waals surface area contributed by atoms with Crippen LogP contribution in [0.2, 0.25) is 5.02 Å². The summed E-state index contributed by atoms with van der Waals surface area (Å²) < 4.78 is 6.32. The molecule has 0 aliphatic carbocycles.